The average molecular weight is 295 g/mol. The van der Waals surface area contributed by atoms with Crippen molar-refractivity contribution in [3.63, 3.8) is 0 Å². The summed E-state index contributed by atoms with van der Waals surface area (Å²) in [6.45, 7) is 1.87. The summed E-state index contributed by atoms with van der Waals surface area (Å²) in [5.74, 6) is -1.82. The first-order chi connectivity index (χ1) is 8.86. The monoisotopic (exact) mass is 295 g/mol. The van der Waals surface area contributed by atoms with Gasteiger partial charge in [0, 0.05) is 13.1 Å². The van der Waals surface area contributed by atoms with E-state index in [1.807, 2.05) is 0 Å². The molecular formula is C10H12F3N3O2S. The Labute approximate surface area is 112 Å². The fourth-order valence-electron chi connectivity index (χ4n) is 1.09. The summed E-state index contributed by atoms with van der Waals surface area (Å²) >= 11 is 0.863. The van der Waals surface area contributed by atoms with Crippen molar-refractivity contribution in [2.24, 2.45) is 0 Å². The number of carbonyl (C=O) groups is 1. The van der Waals surface area contributed by atoms with Gasteiger partial charge in [-0.2, -0.15) is 13.2 Å². The van der Waals surface area contributed by atoms with E-state index < -0.39 is 18.0 Å². The highest BCUT2D eigenvalue weighted by molar-refractivity contribution is 7.99. The van der Waals surface area contributed by atoms with Crippen molar-refractivity contribution < 1.29 is 22.7 Å². The Morgan fingerprint density at radius 1 is 1.47 bits per heavy atom. The molecule has 9 heteroatoms. The molecule has 0 amide bonds. The lowest BCUT2D eigenvalue weighted by Gasteiger charge is -2.09. The lowest BCUT2D eigenvalue weighted by Crippen LogP contribution is -2.13. The molecule has 0 bridgehead atoms. The second-order valence-corrected chi connectivity index (χ2v) is 4.25. The highest BCUT2D eigenvalue weighted by Crippen LogP contribution is 2.29. The number of esters is 1. The Bertz CT molecular complexity index is 454. The standard InChI is InChI=1S/C10H12F3N3O2S/c1-3-18-8(17)5-19-7-4-6(14-2)15-9(16-7)10(11,12)13/h4H,3,5H2,1-2H3,(H,14,15,16). The number of nitrogens with one attached hydrogen (secondary N) is 1. The first-order valence-corrected chi connectivity index (χ1v) is 6.27. The third-order valence-corrected chi connectivity index (χ3v) is 2.74. The maximum Gasteiger partial charge on any atom is 0.451 e. The van der Waals surface area contributed by atoms with Crippen molar-refractivity contribution in [1.82, 2.24) is 9.97 Å². The Hall–Kier alpha value is -1.51. The van der Waals surface area contributed by atoms with Gasteiger partial charge in [-0.1, -0.05) is 11.8 Å². The Kier molecular flexibility index (Phi) is 5.40. The molecule has 1 N–H and O–H groups in total. The Balaban J connectivity index is 2.86. The van der Waals surface area contributed by atoms with Crippen molar-refractivity contribution in [2.45, 2.75) is 18.1 Å². The molecule has 1 heterocycles. The summed E-state index contributed by atoms with van der Waals surface area (Å²) in [6.07, 6.45) is -4.63. The first kappa shape index (κ1) is 15.5. The predicted molar refractivity (Wildman–Crippen MR) is 63.9 cm³/mol. The van der Waals surface area contributed by atoms with E-state index in [9.17, 15) is 18.0 Å². The summed E-state index contributed by atoms with van der Waals surface area (Å²) in [5.41, 5.74) is 0. The molecule has 19 heavy (non-hydrogen) atoms. The van der Waals surface area contributed by atoms with Gasteiger partial charge >= 0.3 is 12.1 Å². The number of hydrogen-bond acceptors (Lipinski definition) is 6. The van der Waals surface area contributed by atoms with E-state index in [1.165, 1.54) is 13.1 Å². The van der Waals surface area contributed by atoms with Gasteiger partial charge in [0.15, 0.2) is 0 Å². The highest BCUT2D eigenvalue weighted by atomic mass is 32.2. The number of ether oxygens (including phenoxy) is 1. The highest BCUT2D eigenvalue weighted by Gasteiger charge is 2.35. The van der Waals surface area contributed by atoms with Gasteiger partial charge in [0.1, 0.15) is 10.8 Å². The molecule has 0 aromatic carbocycles. The second kappa shape index (κ2) is 6.60. The maximum atomic E-state index is 12.6. The van der Waals surface area contributed by atoms with E-state index in [1.54, 1.807) is 6.92 Å². The van der Waals surface area contributed by atoms with Crippen LogP contribution in [0.15, 0.2) is 11.1 Å². The maximum absolute atomic E-state index is 12.6. The van der Waals surface area contributed by atoms with E-state index in [0.29, 0.717) is 0 Å². The third kappa shape index (κ3) is 4.93. The topological polar surface area (TPSA) is 64.1 Å². The number of rotatable bonds is 5. The molecule has 0 saturated carbocycles. The molecule has 0 spiro atoms. The van der Waals surface area contributed by atoms with Crippen molar-refractivity contribution in [3.05, 3.63) is 11.9 Å². The van der Waals surface area contributed by atoms with Crippen LogP contribution in [0.25, 0.3) is 0 Å². The lowest BCUT2D eigenvalue weighted by atomic mass is 10.5. The average Bonchev–Trinajstić information content (AvgIpc) is 2.35. The van der Waals surface area contributed by atoms with Crippen LogP contribution in [-0.4, -0.2) is 35.3 Å². The number of alkyl halides is 3. The summed E-state index contributed by atoms with van der Waals surface area (Å²) in [6, 6.07) is 1.33. The normalized spacial score (nSPS) is 11.2. The minimum absolute atomic E-state index is 0.0358. The van der Waals surface area contributed by atoms with Gasteiger partial charge in [-0.25, -0.2) is 9.97 Å². The quantitative estimate of drug-likeness (QED) is 0.510. The molecule has 0 atom stereocenters. The minimum Gasteiger partial charge on any atom is -0.465 e. The van der Waals surface area contributed by atoms with Gasteiger partial charge in [0.2, 0.25) is 5.82 Å². The molecule has 0 saturated heterocycles. The van der Waals surface area contributed by atoms with Crippen LogP contribution in [0.5, 0.6) is 0 Å². The number of hydrogen-bond donors (Lipinski definition) is 1. The zero-order valence-corrected chi connectivity index (χ0v) is 11.1. The van der Waals surface area contributed by atoms with Crippen LogP contribution >= 0.6 is 11.8 Å². The van der Waals surface area contributed by atoms with Crippen molar-refractivity contribution in [1.29, 1.82) is 0 Å². The lowest BCUT2D eigenvalue weighted by molar-refractivity contribution is -0.145. The van der Waals surface area contributed by atoms with Gasteiger partial charge in [-0.05, 0) is 6.92 Å². The zero-order valence-electron chi connectivity index (χ0n) is 10.2. The van der Waals surface area contributed by atoms with E-state index in [2.05, 4.69) is 20.0 Å². The van der Waals surface area contributed by atoms with Crippen molar-refractivity contribution in [3.8, 4) is 0 Å². The number of nitrogens with zero attached hydrogens (tertiary/aromatic N) is 2. The molecule has 106 valence electrons. The van der Waals surface area contributed by atoms with Gasteiger partial charge in [-0.3, -0.25) is 4.79 Å². The summed E-state index contributed by atoms with van der Waals surface area (Å²) < 4.78 is 42.3. The van der Waals surface area contributed by atoms with Gasteiger partial charge in [-0.15, -0.1) is 0 Å². The first-order valence-electron chi connectivity index (χ1n) is 5.29. The van der Waals surface area contributed by atoms with Crippen LogP contribution in [-0.2, 0) is 15.7 Å². The van der Waals surface area contributed by atoms with Crippen molar-refractivity contribution in [2.75, 3.05) is 24.7 Å². The number of carbonyl (C=O) groups excluding carboxylic acids is 1. The van der Waals surface area contributed by atoms with Crippen LogP contribution in [0.2, 0.25) is 0 Å². The number of thioether (sulfide) groups is 1. The molecule has 0 fully saturated rings. The van der Waals surface area contributed by atoms with Gasteiger partial charge in [0.05, 0.1) is 12.4 Å². The Morgan fingerprint density at radius 2 is 2.16 bits per heavy atom. The molecule has 0 aliphatic heterocycles. The van der Waals surface area contributed by atoms with Crippen molar-refractivity contribution >= 4 is 23.5 Å². The van der Waals surface area contributed by atoms with E-state index in [0.717, 1.165) is 11.8 Å². The van der Waals surface area contributed by atoms with E-state index in [4.69, 9.17) is 0 Å². The molecule has 1 rings (SSSR count). The zero-order chi connectivity index (χ0) is 14.5. The summed E-state index contributed by atoms with van der Waals surface area (Å²) in [4.78, 5) is 17.8. The number of aromatic nitrogens is 2. The number of anilines is 1. The number of halogens is 3. The second-order valence-electron chi connectivity index (χ2n) is 3.26. The van der Waals surface area contributed by atoms with E-state index in [-0.39, 0.29) is 23.2 Å². The van der Waals surface area contributed by atoms with Crippen LogP contribution in [0.3, 0.4) is 0 Å². The van der Waals surface area contributed by atoms with Crippen LogP contribution in [0, 0.1) is 0 Å². The minimum atomic E-state index is -4.63. The molecule has 5 nitrogen and oxygen atoms in total. The van der Waals surface area contributed by atoms with Crippen LogP contribution < -0.4 is 5.32 Å². The van der Waals surface area contributed by atoms with Crippen LogP contribution in [0.4, 0.5) is 19.0 Å². The van der Waals surface area contributed by atoms with Crippen LogP contribution in [0.1, 0.15) is 12.7 Å². The summed E-state index contributed by atoms with van der Waals surface area (Å²) in [5, 5.41) is 2.57. The van der Waals surface area contributed by atoms with Gasteiger partial charge < -0.3 is 10.1 Å². The molecule has 1 aromatic rings. The molecular weight excluding hydrogens is 283 g/mol. The molecule has 0 aliphatic carbocycles. The fourth-order valence-corrected chi connectivity index (χ4v) is 1.78. The molecule has 0 unspecified atom stereocenters. The third-order valence-electron chi connectivity index (χ3n) is 1.86. The molecule has 1 aromatic heterocycles. The largest absolute Gasteiger partial charge is 0.465 e. The molecule has 0 aliphatic rings. The fraction of sp³-hybridized carbons (Fsp3) is 0.500. The smallest absolute Gasteiger partial charge is 0.451 e. The Morgan fingerprint density at radius 3 is 2.68 bits per heavy atom. The SMILES string of the molecule is CCOC(=O)CSc1cc(NC)nc(C(F)(F)F)n1. The predicted octanol–water partition coefficient (Wildman–Crippen LogP) is 2.19. The summed E-state index contributed by atoms with van der Waals surface area (Å²) in [7, 11) is 1.45. The van der Waals surface area contributed by atoms with E-state index >= 15 is 0 Å². The van der Waals surface area contributed by atoms with Gasteiger partial charge in [0.25, 0.3) is 0 Å². The molecule has 0 radical (unpaired) electrons.